The largest absolute Gasteiger partial charge is 0.444 e. The molecule has 23 heavy (non-hydrogen) atoms. The van der Waals surface area contributed by atoms with Gasteiger partial charge < -0.3 is 15.4 Å². The Balaban J connectivity index is 2.45. The van der Waals surface area contributed by atoms with Gasteiger partial charge in [0.25, 0.3) is 0 Å². The first-order valence-corrected chi connectivity index (χ1v) is 9.20. The number of rotatable bonds is 6. The van der Waals surface area contributed by atoms with Crippen LogP contribution in [0.1, 0.15) is 80.6 Å². The fraction of sp³-hybridized carbons (Fsp3) is 0.947. The summed E-state index contributed by atoms with van der Waals surface area (Å²) < 4.78 is 5.33. The van der Waals surface area contributed by atoms with E-state index in [1.54, 1.807) is 0 Å². The highest BCUT2D eigenvalue weighted by atomic mass is 16.6. The molecule has 0 aromatic carbocycles. The summed E-state index contributed by atoms with van der Waals surface area (Å²) >= 11 is 0. The zero-order valence-electron chi connectivity index (χ0n) is 16.3. The van der Waals surface area contributed by atoms with E-state index in [1.165, 1.54) is 25.7 Å². The Morgan fingerprint density at radius 1 is 1.22 bits per heavy atom. The molecule has 136 valence electrons. The van der Waals surface area contributed by atoms with E-state index in [-0.39, 0.29) is 6.09 Å². The Morgan fingerprint density at radius 3 is 2.26 bits per heavy atom. The van der Waals surface area contributed by atoms with Gasteiger partial charge >= 0.3 is 6.09 Å². The van der Waals surface area contributed by atoms with Crippen molar-refractivity contribution in [3.05, 3.63) is 0 Å². The number of nitrogens with one attached hydrogen (secondary N) is 2. The lowest BCUT2D eigenvalue weighted by Gasteiger charge is -2.37. The van der Waals surface area contributed by atoms with Crippen molar-refractivity contribution >= 4 is 6.09 Å². The third-order valence-electron chi connectivity index (χ3n) is 4.46. The molecule has 1 atom stereocenters. The highest BCUT2D eigenvalue weighted by molar-refractivity contribution is 5.67. The van der Waals surface area contributed by atoms with Crippen LogP contribution in [0.4, 0.5) is 4.79 Å². The van der Waals surface area contributed by atoms with Gasteiger partial charge in [0.1, 0.15) is 5.60 Å². The summed E-state index contributed by atoms with van der Waals surface area (Å²) in [6.07, 6.45) is 5.76. The average Bonchev–Trinajstić information content (AvgIpc) is 2.36. The van der Waals surface area contributed by atoms with Crippen molar-refractivity contribution in [3.63, 3.8) is 0 Å². The minimum absolute atomic E-state index is 0.314. The van der Waals surface area contributed by atoms with Crippen LogP contribution >= 0.6 is 0 Å². The molecule has 1 fully saturated rings. The molecule has 0 saturated heterocycles. The van der Waals surface area contributed by atoms with Gasteiger partial charge in [-0.25, -0.2) is 4.79 Å². The van der Waals surface area contributed by atoms with Crippen LogP contribution in [-0.4, -0.2) is 30.3 Å². The third kappa shape index (κ3) is 9.19. The van der Waals surface area contributed by atoms with E-state index >= 15 is 0 Å². The van der Waals surface area contributed by atoms with Crippen molar-refractivity contribution in [1.82, 2.24) is 10.6 Å². The average molecular weight is 327 g/mol. The predicted octanol–water partition coefficient (Wildman–Crippen LogP) is 4.48. The molecule has 4 nitrogen and oxygen atoms in total. The van der Waals surface area contributed by atoms with Crippen molar-refractivity contribution in [3.8, 4) is 0 Å². The number of amides is 1. The van der Waals surface area contributed by atoms with E-state index in [0.717, 1.165) is 6.42 Å². The second kappa shape index (κ2) is 8.36. The van der Waals surface area contributed by atoms with E-state index in [4.69, 9.17) is 4.74 Å². The van der Waals surface area contributed by atoms with Crippen LogP contribution in [0.2, 0.25) is 0 Å². The third-order valence-corrected chi connectivity index (χ3v) is 4.46. The molecule has 1 unspecified atom stereocenters. The number of carbonyl (C=O) groups excluding carboxylic acids is 1. The molecule has 1 amide bonds. The van der Waals surface area contributed by atoms with Gasteiger partial charge in [-0.2, -0.15) is 0 Å². The predicted molar refractivity (Wildman–Crippen MR) is 96.7 cm³/mol. The number of hydrogen-bond acceptors (Lipinski definition) is 3. The minimum Gasteiger partial charge on any atom is -0.444 e. The minimum atomic E-state index is -0.444. The highest BCUT2D eigenvalue weighted by Crippen LogP contribution is 2.35. The first-order valence-electron chi connectivity index (χ1n) is 9.20. The Morgan fingerprint density at radius 2 is 1.78 bits per heavy atom. The van der Waals surface area contributed by atoms with Crippen molar-refractivity contribution in [1.29, 1.82) is 0 Å². The summed E-state index contributed by atoms with van der Waals surface area (Å²) in [6.45, 7) is 15.5. The smallest absolute Gasteiger partial charge is 0.407 e. The first-order chi connectivity index (χ1) is 10.5. The maximum Gasteiger partial charge on any atom is 0.407 e. The van der Waals surface area contributed by atoms with Crippen LogP contribution in [0.15, 0.2) is 0 Å². The highest BCUT2D eigenvalue weighted by Gasteiger charge is 2.28. The molecule has 0 heterocycles. The van der Waals surface area contributed by atoms with Gasteiger partial charge in [-0.1, -0.05) is 27.7 Å². The molecule has 4 heteroatoms. The van der Waals surface area contributed by atoms with Crippen molar-refractivity contribution in [2.24, 2.45) is 11.3 Å². The van der Waals surface area contributed by atoms with E-state index in [9.17, 15) is 4.79 Å². The molecular weight excluding hydrogens is 288 g/mol. The molecule has 0 radical (unpaired) electrons. The van der Waals surface area contributed by atoms with Crippen LogP contribution < -0.4 is 10.6 Å². The van der Waals surface area contributed by atoms with Crippen LogP contribution in [-0.2, 0) is 4.74 Å². The number of ether oxygens (including phenoxy) is 1. The maximum atomic E-state index is 11.9. The molecule has 0 aromatic rings. The van der Waals surface area contributed by atoms with Crippen LogP contribution in [0.25, 0.3) is 0 Å². The lowest BCUT2D eigenvalue weighted by molar-refractivity contribution is 0.0518. The maximum absolute atomic E-state index is 11.9. The van der Waals surface area contributed by atoms with Crippen molar-refractivity contribution < 1.29 is 9.53 Å². The summed E-state index contributed by atoms with van der Waals surface area (Å²) in [6, 6.07) is 0.890. The van der Waals surface area contributed by atoms with Crippen molar-refractivity contribution in [2.75, 3.05) is 6.54 Å². The SMILES string of the molecule is CC(C)CC(CNC(=O)OC(C)(C)C)NC1CCC(C)(C)CC1. The van der Waals surface area contributed by atoms with Gasteiger partial charge in [0, 0.05) is 18.6 Å². The van der Waals surface area contributed by atoms with Gasteiger partial charge in [0.15, 0.2) is 0 Å². The summed E-state index contributed by atoms with van der Waals surface area (Å²) in [5.74, 6) is 0.605. The molecule has 1 aliphatic rings. The summed E-state index contributed by atoms with van der Waals surface area (Å²) in [4.78, 5) is 11.9. The summed E-state index contributed by atoms with van der Waals surface area (Å²) in [7, 11) is 0. The van der Waals surface area contributed by atoms with Crippen LogP contribution in [0.3, 0.4) is 0 Å². The van der Waals surface area contributed by atoms with E-state index in [2.05, 4.69) is 38.3 Å². The van der Waals surface area contributed by atoms with Crippen molar-refractivity contribution in [2.45, 2.75) is 98.3 Å². The Hall–Kier alpha value is -0.770. The van der Waals surface area contributed by atoms with Gasteiger partial charge in [0.05, 0.1) is 0 Å². The second-order valence-electron chi connectivity index (χ2n) is 9.31. The molecule has 0 aliphatic heterocycles. The van der Waals surface area contributed by atoms with Crippen LogP contribution in [0, 0.1) is 11.3 Å². The first kappa shape index (κ1) is 20.3. The Labute approximate surface area is 143 Å². The number of hydrogen-bond donors (Lipinski definition) is 2. The lowest BCUT2D eigenvalue weighted by atomic mass is 9.75. The second-order valence-corrected chi connectivity index (χ2v) is 9.31. The zero-order valence-corrected chi connectivity index (χ0v) is 16.3. The Bertz CT molecular complexity index is 362. The molecule has 0 spiro atoms. The molecule has 0 bridgehead atoms. The number of alkyl carbamates (subject to hydrolysis) is 1. The fourth-order valence-corrected chi connectivity index (χ4v) is 3.20. The fourth-order valence-electron chi connectivity index (χ4n) is 3.20. The van der Waals surface area contributed by atoms with Gasteiger partial charge in [-0.05, 0) is 64.2 Å². The lowest BCUT2D eigenvalue weighted by Crippen LogP contribution is -2.48. The van der Waals surface area contributed by atoms with Gasteiger partial charge in [-0.3, -0.25) is 0 Å². The molecule has 1 saturated carbocycles. The normalized spacial score (nSPS) is 20.3. The molecule has 0 aromatic heterocycles. The topological polar surface area (TPSA) is 50.4 Å². The molecule has 1 aliphatic carbocycles. The molecular formula is C19H38N2O2. The number of carbonyl (C=O) groups is 1. The summed E-state index contributed by atoms with van der Waals surface area (Å²) in [5, 5.41) is 6.70. The standard InChI is InChI=1S/C19H38N2O2/c1-14(2)12-16(13-20-17(22)23-18(3,4)5)21-15-8-10-19(6,7)11-9-15/h14-16,21H,8-13H2,1-7H3,(H,20,22). The zero-order chi connectivity index (χ0) is 17.7. The monoisotopic (exact) mass is 326 g/mol. The Kier molecular flexibility index (Phi) is 7.37. The molecule has 1 rings (SSSR count). The quantitative estimate of drug-likeness (QED) is 0.756. The van der Waals surface area contributed by atoms with E-state index < -0.39 is 5.60 Å². The van der Waals surface area contributed by atoms with Crippen LogP contribution in [0.5, 0.6) is 0 Å². The van der Waals surface area contributed by atoms with Gasteiger partial charge in [0.2, 0.25) is 0 Å². The van der Waals surface area contributed by atoms with E-state index in [0.29, 0.717) is 30.0 Å². The van der Waals surface area contributed by atoms with Gasteiger partial charge in [-0.15, -0.1) is 0 Å². The summed E-state index contributed by atoms with van der Waals surface area (Å²) in [5.41, 5.74) is 0.0422. The molecule has 2 N–H and O–H groups in total. The van der Waals surface area contributed by atoms with E-state index in [1.807, 2.05) is 20.8 Å².